The molecule has 100 valence electrons. The molecule has 0 saturated heterocycles. The Bertz CT molecular complexity index is 647. The Balaban J connectivity index is 2.39. The van der Waals surface area contributed by atoms with Gasteiger partial charge in [0.1, 0.15) is 5.41 Å². The van der Waals surface area contributed by atoms with Crippen molar-refractivity contribution in [3.05, 3.63) is 72.3 Å². The summed E-state index contributed by atoms with van der Waals surface area (Å²) >= 11 is 3.99. The minimum atomic E-state index is -0.726. The maximum Gasteiger partial charge on any atom is 0.245 e. The van der Waals surface area contributed by atoms with Crippen LogP contribution in [0.5, 0.6) is 0 Å². The molecule has 0 heterocycles. The molecule has 2 nitrogen and oxygen atoms in total. The Morgan fingerprint density at radius 3 is 2.05 bits per heavy atom. The second-order valence-corrected chi connectivity index (χ2v) is 5.15. The van der Waals surface area contributed by atoms with Gasteiger partial charge in [0.05, 0.1) is 0 Å². The summed E-state index contributed by atoms with van der Waals surface area (Å²) in [6, 6.07) is 16.1. The van der Waals surface area contributed by atoms with Gasteiger partial charge in [-0.05, 0) is 28.7 Å². The standard InChI is InChI=1S/C17H15NOS/c1-2-11-17(16(19)18-20)14-9-5-3-7-12(14)13-8-4-6-10-15(13)17/h2-10,20H,1,11H2,(H,18,19). The number of hydrogen-bond donors (Lipinski definition) is 2. The Morgan fingerprint density at radius 2 is 1.60 bits per heavy atom. The lowest BCUT2D eigenvalue weighted by Crippen LogP contribution is -2.40. The summed E-state index contributed by atoms with van der Waals surface area (Å²) in [7, 11) is 0. The number of fused-ring (bicyclic) bond motifs is 3. The van der Waals surface area contributed by atoms with Crippen LogP contribution in [0.4, 0.5) is 0 Å². The van der Waals surface area contributed by atoms with Crippen LogP contribution in [0.25, 0.3) is 11.1 Å². The van der Waals surface area contributed by atoms with Crippen LogP contribution < -0.4 is 4.72 Å². The van der Waals surface area contributed by atoms with Crippen molar-refractivity contribution in [2.75, 3.05) is 0 Å². The number of rotatable bonds is 3. The van der Waals surface area contributed by atoms with Gasteiger partial charge in [-0.2, -0.15) is 0 Å². The summed E-state index contributed by atoms with van der Waals surface area (Å²) in [4.78, 5) is 12.6. The highest BCUT2D eigenvalue weighted by molar-refractivity contribution is 7.78. The highest BCUT2D eigenvalue weighted by Gasteiger charge is 2.47. The van der Waals surface area contributed by atoms with Gasteiger partial charge in [0, 0.05) is 0 Å². The molecule has 20 heavy (non-hydrogen) atoms. The van der Waals surface area contributed by atoms with Gasteiger partial charge in [0.15, 0.2) is 0 Å². The molecule has 3 rings (SSSR count). The molecule has 0 saturated carbocycles. The Kier molecular flexibility index (Phi) is 3.14. The van der Waals surface area contributed by atoms with E-state index in [1.807, 2.05) is 36.4 Å². The zero-order chi connectivity index (χ0) is 14.2. The fourth-order valence-corrected chi connectivity index (χ4v) is 3.39. The molecular formula is C17H15NOS. The third-order valence-corrected chi connectivity index (χ3v) is 4.21. The summed E-state index contributed by atoms with van der Waals surface area (Å²) in [6.07, 6.45) is 2.34. The minimum absolute atomic E-state index is 0.113. The average molecular weight is 281 g/mol. The number of carbonyl (C=O) groups is 1. The Hall–Kier alpha value is -2.00. The lowest BCUT2D eigenvalue weighted by Gasteiger charge is -2.28. The minimum Gasteiger partial charge on any atom is -0.302 e. The lowest BCUT2D eigenvalue weighted by atomic mass is 9.75. The van der Waals surface area contributed by atoms with E-state index in [1.54, 1.807) is 6.08 Å². The number of thiol groups is 1. The van der Waals surface area contributed by atoms with Gasteiger partial charge in [0.2, 0.25) is 5.91 Å². The molecule has 2 aromatic rings. The Labute approximate surface area is 124 Å². The van der Waals surface area contributed by atoms with Crippen molar-refractivity contribution in [1.82, 2.24) is 4.72 Å². The normalized spacial score (nSPS) is 14.2. The van der Waals surface area contributed by atoms with E-state index >= 15 is 0 Å². The molecular weight excluding hydrogens is 266 g/mol. The highest BCUT2D eigenvalue weighted by Crippen LogP contribution is 2.51. The molecule has 1 N–H and O–H groups in total. The molecule has 0 spiro atoms. The van der Waals surface area contributed by atoms with Crippen molar-refractivity contribution in [2.45, 2.75) is 11.8 Å². The second kappa shape index (κ2) is 4.84. The first kappa shape index (κ1) is 13.0. The van der Waals surface area contributed by atoms with Crippen LogP contribution in [0.2, 0.25) is 0 Å². The van der Waals surface area contributed by atoms with Crippen LogP contribution in [-0.4, -0.2) is 5.91 Å². The van der Waals surface area contributed by atoms with Crippen LogP contribution >= 0.6 is 12.8 Å². The first-order valence-corrected chi connectivity index (χ1v) is 6.95. The van der Waals surface area contributed by atoms with E-state index in [-0.39, 0.29) is 5.91 Å². The first-order chi connectivity index (χ1) is 9.75. The van der Waals surface area contributed by atoms with E-state index in [0.29, 0.717) is 6.42 Å². The van der Waals surface area contributed by atoms with Crippen LogP contribution in [0.15, 0.2) is 61.2 Å². The highest BCUT2D eigenvalue weighted by atomic mass is 32.1. The number of nitrogens with one attached hydrogen (secondary N) is 1. The molecule has 0 radical (unpaired) electrons. The molecule has 2 aromatic carbocycles. The number of amides is 1. The molecule has 3 heteroatoms. The van der Waals surface area contributed by atoms with E-state index in [2.05, 4.69) is 36.2 Å². The number of allylic oxidation sites excluding steroid dienone is 1. The molecule has 0 unspecified atom stereocenters. The van der Waals surface area contributed by atoms with E-state index in [4.69, 9.17) is 0 Å². The molecule has 0 fully saturated rings. The van der Waals surface area contributed by atoms with Gasteiger partial charge in [-0.15, -0.1) is 6.58 Å². The maximum atomic E-state index is 12.6. The quantitative estimate of drug-likeness (QED) is 0.654. The van der Waals surface area contributed by atoms with E-state index < -0.39 is 5.41 Å². The van der Waals surface area contributed by atoms with Crippen molar-refractivity contribution < 1.29 is 4.79 Å². The summed E-state index contributed by atoms with van der Waals surface area (Å²) < 4.78 is 2.52. The van der Waals surface area contributed by atoms with Crippen molar-refractivity contribution in [3.8, 4) is 11.1 Å². The van der Waals surface area contributed by atoms with Crippen LogP contribution in [-0.2, 0) is 10.2 Å². The van der Waals surface area contributed by atoms with Crippen molar-refractivity contribution in [2.24, 2.45) is 0 Å². The Morgan fingerprint density at radius 1 is 1.10 bits per heavy atom. The van der Waals surface area contributed by atoms with Gasteiger partial charge in [0.25, 0.3) is 0 Å². The van der Waals surface area contributed by atoms with Crippen LogP contribution in [0.3, 0.4) is 0 Å². The molecule has 1 aliphatic carbocycles. The van der Waals surface area contributed by atoms with Crippen LogP contribution in [0, 0.1) is 0 Å². The zero-order valence-electron chi connectivity index (χ0n) is 11.0. The summed E-state index contributed by atoms with van der Waals surface area (Å²) in [5.41, 5.74) is 3.54. The molecule has 1 aliphatic rings. The fourth-order valence-electron chi connectivity index (χ4n) is 3.19. The maximum absolute atomic E-state index is 12.6. The van der Waals surface area contributed by atoms with E-state index in [1.165, 1.54) is 0 Å². The van der Waals surface area contributed by atoms with E-state index in [9.17, 15) is 4.79 Å². The summed E-state index contributed by atoms with van der Waals surface area (Å²) in [6.45, 7) is 3.83. The summed E-state index contributed by atoms with van der Waals surface area (Å²) in [5, 5.41) is 0. The van der Waals surface area contributed by atoms with E-state index in [0.717, 1.165) is 22.3 Å². The predicted octanol–water partition coefficient (Wildman–Crippen LogP) is 3.49. The second-order valence-electron chi connectivity index (χ2n) is 4.93. The van der Waals surface area contributed by atoms with Gasteiger partial charge >= 0.3 is 0 Å². The monoisotopic (exact) mass is 281 g/mol. The predicted molar refractivity (Wildman–Crippen MR) is 84.6 cm³/mol. The molecule has 0 atom stereocenters. The first-order valence-electron chi connectivity index (χ1n) is 6.50. The van der Waals surface area contributed by atoms with Gasteiger partial charge in [-0.25, -0.2) is 0 Å². The molecule has 0 aliphatic heterocycles. The molecule has 0 aromatic heterocycles. The fraction of sp³-hybridized carbons (Fsp3) is 0.118. The van der Waals surface area contributed by atoms with Crippen molar-refractivity contribution >= 4 is 18.7 Å². The van der Waals surface area contributed by atoms with Gasteiger partial charge < -0.3 is 4.72 Å². The largest absolute Gasteiger partial charge is 0.302 e. The molecule has 1 amide bonds. The number of benzene rings is 2. The smallest absolute Gasteiger partial charge is 0.245 e. The topological polar surface area (TPSA) is 29.1 Å². The van der Waals surface area contributed by atoms with Crippen LogP contribution in [0.1, 0.15) is 17.5 Å². The van der Waals surface area contributed by atoms with Crippen molar-refractivity contribution in [3.63, 3.8) is 0 Å². The third kappa shape index (κ3) is 1.56. The number of carbonyl (C=O) groups excluding carboxylic acids is 1. The third-order valence-electron chi connectivity index (χ3n) is 4.00. The van der Waals surface area contributed by atoms with Gasteiger partial charge in [-0.1, -0.05) is 67.4 Å². The van der Waals surface area contributed by atoms with Gasteiger partial charge in [-0.3, -0.25) is 4.79 Å². The summed E-state index contributed by atoms with van der Waals surface area (Å²) in [5.74, 6) is -0.113. The average Bonchev–Trinajstić information content (AvgIpc) is 2.79. The molecule has 0 bridgehead atoms. The van der Waals surface area contributed by atoms with Crippen molar-refractivity contribution in [1.29, 1.82) is 0 Å². The SMILES string of the molecule is C=CCC1(C(=O)NS)c2ccccc2-c2ccccc21. The zero-order valence-corrected chi connectivity index (χ0v) is 11.9. The lowest BCUT2D eigenvalue weighted by molar-refractivity contribution is -0.123. The number of hydrogen-bond acceptors (Lipinski definition) is 2.